The van der Waals surface area contributed by atoms with Crippen LogP contribution >= 0.6 is 0 Å². The van der Waals surface area contributed by atoms with Crippen molar-refractivity contribution in [2.45, 2.75) is 20.3 Å². The van der Waals surface area contributed by atoms with Gasteiger partial charge in [-0.2, -0.15) is 0 Å². The second kappa shape index (κ2) is 7.41. The van der Waals surface area contributed by atoms with Crippen molar-refractivity contribution in [2.75, 3.05) is 16.8 Å². The molecule has 0 aliphatic carbocycles. The smallest absolute Gasteiger partial charge is 0.260 e. The quantitative estimate of drug-likeness (QED) is 0.914. The van der Waals surface area contributed by atoms with Crippen LogP contribution in [0.2, 0.25) is 0 Å². The van der Waals surface area contributed by atoms with Crippen molar-refractivity contribution < 1.29 is 9.59 Å². The Labute approximate surface area is 130 Å². The Morgan fingerprint density at radius 2 is 1.59 bits per heavy atom. The summed E-state index contributed by atoms with van der Waals surface area (Å²) in [4.78, 5) is 26.2. The molecule has 4 heteroatoms. The van der Waals surface area contributed by atoms with Gasteiger partial charge < -0.3 is 10.2 Å². The van der Waals surface area contributed by atoms with Crippen LogP contribution in [0.15, 0.2) is 54.6 Å². The van der Waals surface area contributed by atoms with Gasteiger partial charge in [0.05, 0.1) is 11.3 Å². The molecule has 0 saturated carbocycles. The maximum atomic E-state index is 12.8. The van der Waals surface area contributed by atoms with Crippen LogP contribution in [-0.2, 0) is 4.79 Å². The van der Waals surface area contributed by atoms with E-state index in [0.29, 0.717) is 24.2 Å². The molecule has 0 radical (unpaired) electrons. The fourth-order valence-corrected chi connectivity index (χ4v) is 2.21. The van der Waals surface area contributed by atoms with E-state index < -0.39 is 0 Å². The first-order chi connectivity index (χ1) is 10.7. The second-order valence-electron chi connectivity index (χ2n) is 4.83. The van der Waals surface area contributed by atoms with Gasteiger partial charge in [-0.15, -0.1) is 0 Å². The summed E-state index contributed by atoms with van der Waals surface area (Å²) in [5, 5.41) is 2.79. The summed E-state index contributed by atoms with van der Waals surface area (Å²) in [5.74, 6) is -0.233. The summed E-state index contributed by atoms with van der Waals surface area (Å²) in [7, 11) is 0. The van der Waals surface area contributed by atoms with Crippen molar-refractivity contribution in [3.05, 3.63) is 60.2 Å². The van der Waals surface area contributed by atoms with Crippen LogP contribution in [0.3, 0.4) is 0 Å². The summed E-state index contributed by atoms with van der Waals surface area (Å²) in [6.45, 7) is 4.26. The lowest BCUT2D eigenvalue weighted by atomic mass is 10.1. The average molecular weight is 296 g/mol. The predicted molar refractivity (Wildman–Crippen MR) is 89.2 cm³/mol. The fraction of sp³-hybridized carbons (Fsp3) is 0.222. The van der Waals surface area contributed by atoms with E-state index in [2.05, 4.69) is 5.32 Å². The van der Waals surface area contributed by atoms with Gasteiger partial charge in [0, 0.05) is 18.7 Å². The van der Waals surface area contributed by atoms with E-state index in [1.165, 1.54) is 0 Å². The number of carbonyl (C=O) groups excluding carboxylic acids is 2. The summed E-state index contributed by atoms with van der Waals surface area (Å²) in [5.41, 5.74) is 1.88. The third-order valence-corrected chi connectivity index (χ3v) is 3.38. The van der Waals surface area contributed by atoms with Gasteiger partial charge in [0.1, 0.15) is 0 Å². The van der Waals surface area contributed by atoms with Crippen LogP contribution in [0.4, 0.5) is 11.4 Å². The predicted octanol–water partition coefficient (Wildman–Crippen LogP) is 3.70. The van der Waals surface area contributed by atoms with Gasteiger partial charge in [0.25, 0.3) is 5.91 Å². The molecular weight excluding hydrogens is 276 g/mol. The molecule has 0 aliphatic rings. The van der Waals surface area contributed by atoms with E-state index in [0.717, 1.165) is 5.69 Å². The number of amides is 2. The first kappa shape index (κ1) is 15.8. The van der Waals surface area contributed by atoms with Crippen LogP contribution in [0.1, 0.15) is 30.6 Å². The molecule has 0 aliphatic heterocycles. The van der Waals surface area contributed by atoms with Gasteiger partial charge >= 0.3 is 0 Å². The molecule has 2 aromatic rings. The van der Waals surface area contributed by atoms with E-state index in [1.54, 1.807) is 36.1 Å². The highest BCUT2D eigenvalue weighted by molar-refractivity contribution is 6.11. The van der Waals surface area contributed by atoms with E-state index in [4.69, 9.17) is 0 Å². The maximum Gasteiger partial charge on any atom is 0.260 e. The summed E-state index contributed by atoms with van der Waals surface area (Å²) in [6, 6.07) is 16.6. The van der Waals surface area contributed by atoms with Crippen molar-refractivity contribution in [3.63, 3.8) is 0 Å². The first-order valence-electron chi connectivity index (χ1n) is 7.43. The highest BCUT2D eigenvalue weighted by atomic mass is 16.2. The molecule has 4 nitrogen and oxygen atoms in total. The summed E-state index contributed by atoms with van der Waals surface area (Å²) < 4.78 is 0. The van der Waals surface area contributed by atoms with Crippen LogP contribution in [0.25, 0.3) is 0 Å². The normalized spacial score (nSPS) is 10.1. The maximum absolute atomic E-state index is 12.8. The average Bonchev–Trinajstić information content (AvgIpc) is 2.56. The van der Waals surface area contributed by atoms with Crippen LogP contribution < -0.4 is 10.2 Å². The Bertz CT molecular complexity index is 653. The molecule has 2 amide bonds. The Kier molecular flexibility index (Phi) is 5.31. The highest BCUT2D eigenvalue weighted by Crippen LogP contribution is 2.21. The zero-order valence-electron chi connectivity index (χ0n) is 12.9. The third kappa shape index (κ3) is 3.52. The number of hydrogen-bond donors (Lipinski definition) is 1. The number of nitrogens with zero attached hydrogens (tertiary/aromatic N) is 1. The van der Waals surface area contributed by atoms with Crippen molar-refractivity contribution in [1.29, 1.82) is 0 Å². The lowest BCUT2D eigenvalue weighted by Gasteiger charge is -2.22. The van der Waals surface area contributed by atoms with Gasteiger partial charge in [-0.3, -0.25) is 9.59 Å². The Hall–Kier alpha value is -2.62. The Morgan fingerprint density at radius 1 is 0.955 bits per heavy atom. The van der Waals surface area contributed by atoms with Crippen LogP contribution in [0, 0.1) is 0 Å². The summed E-state index contributed by atoms with van der Waals surface area (Å²) >= 11 is 0. The number of anilines is 2. The molecule has 0 aromatic heterocycles. The van der Waals surface area contributed by atoms with E-state index in [1.807, 2.05) is 37.3 Å². The topological polar surface area (TPSA) is 49.4 Å². The molecule has 22 heavy (non-hydrogen) atoms. The van der Waals surface area contributed by atoms with Crippen molar-refractivity contribution >= 4 is 23.2 Å². The minimum atomic E-state index is -0.124. The molecule has 0 heterocycles. The number of hydrogen-bond acceptors (Lipinski definition) is 2. The van der Waals surface area contributed by atoms with E-state index in [-0.39, 0.29) is 11.8 Å². The number of para-hydroxylation sites is 2. The molecular formula is C18H20N2O2. The van der Waals surface area contributed by atoms with Crippen molar-refractivity contribution in [1.82, 2.24) is 0 Å². The number of benzene rings is 2. The molecule has 0 atom stereocenters. The standard InChI is InChI=1S/C18H20N2O2/c1-3-17(21)19-16-13-9-8-12-15(16)18(22)20(4-2)14-10-6-5-7-11-14/h5-13H,3-4H2,1-2H3,(H,19,21). The molecule has 0 unspecified atom stereocenters. The molecule has 0 spiro atoms. The number of nitrogens with one attached hydrogen (secondary N) is 1. The highest BCUT2D eigenvalue weighted by Gasteiger charge is 2.19. The molecule has 2 aromatic carbocycles. The largest absolute Gasteiger partial charge is 0.325 e. The van der Waals surface area contributed by atoms with Gasteiger partial charge in [0.15, 0.2) is 0 Å². The molecule has 0 saturated heterocycles. The van der Waals surface area contributed by atoms with Gasteiger partial charge in [0.2, 0.25) is 5.91 Å². The van der Waals surface area contributed by atoms with Crippen molar-refractivity contribution in [3.8, 4) is 0 Å². The van der Waals surface area contributed by atoms with Crippen molar-refractivity contribution in [2.24, 2.45) is 0 Å². The number of carbonyl (C=O) groups is 2. The first-order valence-corrected chi connectivity index (χ1v) is 7.43. The number of rotatable bonds is 5. The molecule has 2 rings (SSSR count). The molecule has 0 bridgehead atoms. The second-order valence-corrected chi connectivity index (χ2v) is 4.83. The Morgan fingerprint density at radius 3 is 2.23 bits per heavy atom. The monoisotopic (exact) mass is 296 g/mol. The van der Waals surface area contributed by atoms with Crippen LogP contribution in [-0.4, -0.2) is 18.4 Å². The minimum absolute atomic E-state index is 0.108. The molecule has 1 N–H and O–H groups in total. The van der Waals surface area contributed by atoms with Crippen LogP contribution in [0.5, 0.6) is 0 Å². The Balaban J connectivity index is 2.34. The lowest BCUT2D eigenvalue weighted by Crippen LogP contribution is -2.31. The molecule has 114 valence electrons. The van der Waals surface area contributed by atoms with Gasteiger partial charge in [-0.05, 0) is 31.2 Å². The SMILES string of the molecule is CCC(=O)Nc1ccccc1C(=O)N(CC)c1ccccc1. The lowest BCUT2D eigenvalue weighted by molar-refractivity contribution is -0.115. The zero-order valence-corrected chi connectivity index (χ0v) is 12.9. The summed E-state index contributed by atoms with van der Waals surface area (Å²) in [6.07, 6.45) is 0.374. The third-order valence-electron chi connectivity index (χ3n) is 3.38. The minimum Gasteiger partial charge on any atom is -0.325 e. The van der Waals surface area contributed by atoms with E-state index >= 15 is 0 Å². The van der Waals surface area contributed by atoms with E-state index in [9.17, 15) is 9.59 Å². The van der Waals surface area contributed by atoms with Gasteiger partial charge in [-0.1, -0.05) is 37.3 Å². The fourth-order valence-electron chi connectivity index (χ4n) is 2.21. The zero-order chi connectivity index (χ0) is 15.9. The van der Waals surface area contributed by atoms with Gasteiger partial charge in [-0.25, -0.2) is 0 Å². The molecule has 0 fully saturated rings.